The van der Waals surface area contributed by atoms with E-state index in [1.54, 1.807) is 49.6 Å². The normalized spacial score (nSPS) is 13.2. The van der Waals surface area contributed by atoms with E-state index in [0.29, 0.717) is 34.1 Å². The second-order valence-electron chi connectivity index (χ2n) is 6.02. The van der Waals surface area contributed by atoms with E-state index in [4.69, 9.17) is 9.47 Å². The van der Waals surface area contributed by atoms with E-state index in [1.165, 1.54) is 6.07 Å². The molecule has 0 radical (unpaired) electrons. The summed E-state index contributed by atoms with van der Waals surface area (Å²) in [6, 6.07) is 9.41. The molecule has 0 saturated heterocycles. The van der Waals surface area contributed by atoms with Gasteiger partial charge in [-0.3, -0.25) is 14.6 Å². The van der Waals surface area contributed by atoms with Crippen molar-refractivity contribution >= 4 is 5.91 Å². The summed E-state index contributed by atoms with van der Waals surface area (Å²) in [5.41, 5.74) is 1.27. The minimum atomic E-state index is -0.472. The van der Waals surface area contributed by atoms with E-state index in [1.807, 2.05) is 0 Å². The lowest BCUT2D eigenvalue weighted by molar-refractivity contribution is 0.0938. The van der Waals surface area contributed by atoms with Crippen molar-refractivity contribution in [3.8, 4) is 22.9 Å². The Balaban J connectivity index is 1.56. The van der Waals surface area contributed by atoms with Gasteiger partial charge in [0.15, 0.2) is 11.5 Å². The number of ether oxygens (including phenoxy) is 2. The molecule has 0 fully saturated rings. The quantitative estimate of drug-likeness (QED) is 0.734. The Kier molecular flexibility index (Phi) is 4.29. The van der Waals surface area contributed by atoms with Crippen molar-refractivity contribution in [3.05, 3.63) is 70.4 Å². The van der Waals surface area contributed by atoms with E-state index in [-0.39, 0.29) is 18.3 Å². The fourth-order valence-electron chi connectivity index (χ4n) is 2.73. The van der Waals surface area contributed by atoms with Gasteiger partial charge in [-0.25, -0.2) is 4.98 Å². The molecule has 2 aromatic heterocycles. The van der Waals surface area contributed by atoms with E-state index < -0.39 is 6.04 Å². The Hall–Kier alpha value is -3.68. The molecule has 0 bridgehead atoms. The first kappa shape index (κ1) is 16.8. The van der Waals surface area contributed by atoms with Gasteiger partial charge in [-0.15, -0.1) is 0 Å². The van der Waals surface area contributed by atoms with E-state index in [0.717, 1.165) is 0 Å². The average molecular weight is 364 g/mol. The molecule has 136 valence electrons. The number of pyridine rings is 1. The molecule has 8 nitrogen and oxygen atoms in total. The lowest BCUT2D eigenvalue weighted by Crippen LogP contribution is -2.28. The molecule has 3 aromatic rings. The first-order chi connectivity index (χ1) is 13.1. The summed E-state index contributed by atoms with van der Waals surface area (Å²) in [4.78, 5) is 35.7. The molecule has 27 heavy (non-hydrogen) atoms. The number of aromatic amines is 1. The van der Waals surface area contributed by atoms with Crippen molar-refractivity contribution in [2.45, 2.75) is 13.0 Å². The molecule has 1 amide bonds. The van der Waals surface area contributed by atoms with Crippen LogP contribution in [0.15, 0.2) is 53.6 Å². The van der Waals surface area contributed by atoms with Crippen molar-refractivity contribution in [1.82, 2.24) is 20.3 Å². The molecule has 1 aliphatic heterocycles. The first-order valence-corrected chi connectivity index (χ1v) is 8.32. The fraction of sp³-hybridized carbons (Fsp3) is 0.158. The summed E-state index contributed by atoms with van der Waals surface area (Å²) in [7, 11) is 0. The lowest BCUT2D eigenvalue weighted by atomic mass is 10.1. The topological polar surface area (TPSA) is 106 Å². The standard InChI is InChI=1S/C19H16N4O4/c1-11(21-19(25)12-4-5-15-16(7-12)27-10-26-15)14-8-17(24)23-18(22-14)13-3-2-6-20-9-13/h2-9,11H,10H2,1H3,(H,21,25)(H,22,23,24)/t11-/m1/s1. The number of amides is 1. The van der Waals surface area contributed by atoms with Crippen molar-refractivity contribution in [2.75, 3.05) is 6.79 Å². The van der Waals surface area contributed by atoms with Crippen LogP contribution in [0.4, 0.5) is 0 Å². The molecule has 0 unspecified atom stereocenters. The van der Waals surface area contributed by atoms with Crippen LogP contribution in [0.3, 0.4) is 0 Å². The molecule has 4 rings (SSSR count). The van der Waals surface area contributed by atoms with E-state index in [9.17, 15) is 9.59 Å². The maximum absolute atomic E-state index is 12.5. The lowest BCUT2D eigenvalue weighted by Gasteiger charge is -2.14. The smallest absolute Gasteiger partial charge is 0.251 e. The minimum Gasteiger partial charge on any atom is -0.454 e. The number of hydrogen-bond acceptors (Lipinski definition) is 6. The number of benzene rings is 1. The van der Waals surface area contributed by atoms with Gasteiger partial charge < -0.3 is 19.8 Å². The van der Waals surface area contributed by atoms with Gasteiger partial charge in [-0.1, -0.05) is 0 Å². The highest BCUT2D eigenvalue weighted by Gasteiger charge is 2.18. The van der Waals surface area contributed by atoms with Crippen LogP contribution >= 0.6 is 0 Å². The van der Waals surface area contributed by atoms with E-state index in [2.05, 4.69) is 20.3 Å². The predicted molar refractivity (Wildman–Crippen MR) is 96.5 cm³/mol. The van der Waals surface area contributed by atoms with Crippen LogP contribution in [0.25, 0.3) is 11.4 Å². The van der Waals surface area contributed by atoms with Crippen LogP contribution in [0.5, 0.6) is 11.5 Å². The molecule has 1 aromatic carbocycles. The van der Waals surface area contributed by atoms with Crippen LogP contribution < -0.4 is 20.3 Å². The molecule has 3 heterocycles. The van der Waals surface area contributed by atoms with Gasteiger partial charge in [0.2, 0.25) is 6.79 Å². The molecular formula is C19H16N4O4. The second-order valence-corrected chi connectivity index (χ2v) is 6.02. The zero-order valence-electron chi connectivity index (χ0n) is 14.4. The molecule has 1 aliphatic rings. The summed E-state index contributed by atoms with van der Waals surface area (Å²) >= 11 is 0. The third kappa shape index (κ3) is 3.50. The van der Waals surface area contributed by atoms with Gasteiger partial charge in [-0.05, 0) is 37.3 Å². The van der Waals surface area contributed by atoms with Crippen LogP contribution in [-0.4, -0.2) is 27.7 Å². The molecule has 0 spiro atoms. The Morgan fingerprint density at radius 3 is 2.89 bits per heavy atom. The van der Waals surface area contributed by atoms with Gasteiger partial charge in [0.05, 0.1) is 11.7 Å². The zero-order chi connectivity index (χ0) is 18.8. The number of aromatic nitrogens is 3. The molecular weight excluding hydrogens is 348 g/mol. The molecule has 1 atom stereocenters. The summed E-state index contributed by atoms with van der Waals surface area (Å²) in [6.45, 7) is 1.91. The zero-order valence-corrected chi connectivity index (χ0v) is 14.4. The third-order valence-corrected chi connectivity index (χ3v) is 4.12. The van der Waals surface area contributed by atoms with Crippen molar-refractivity contribution in [3.63, 3.8) is 0 Å². The number of fused-ring (bicyclic) bond motifs is 1. The summed E-state index contributed by atoms with van der Waals surface area (Å²) < 4.78 is 10.5. The SMILES string of the molecule is C[C@@H](NC(=O)c1ccc2c(c1)OCO2)c1cc(=O)[nH]c(-c2cccnc2)n1. The predicted octanol–water partition coefficient (Wildman–Crippen LogP) is 2.05. The van der Waals surface area contributed by atoms with E-state index >= 15 is 0 Å². The highest BCUT2D eigenvalue weighted by atomic mass is 16.7. The first-order valence-electron chi connectivity index (χ1n) is 8.32. The van der Waals surface area contributed by atoms with Gasteiger partial charge in [0.1, 0.15) is 5.82 Å². The minimum absolute atomic E-state index is 0.143. The van der Waals surface area contributed by atoms with Crippen molar-refractivity contribution < 1.29 is 14.3 Å². The number of rotatable bonds is 4. The van der Waals surface area contributed by atoms with Crippen LogP contribution in [0.1, 0.15) is 29.0 Å². The number of nitrogens with one attached hydrogen (secondary N) is 2. The van der Waals surface area contributed by atoms with Gasteiger partial charge in [-0.2, -0.15) is 0 Å². The summed E-state index contributed by atoms with van der Waals surface area (Å²) in [6.07, 6.45) is 3.25. The average Bonchev–Trinajstić information content (AvgIpc) is 3.16. The maximum Gasteiger partial charge on any atom is 0.251 e. The molecule has 8 heteroatoms. The highest BCUT2D eigenvalue weighted by molar-refractivity contribution is 5.95. The van der Waals surface area contributed by atoms with Gasteiger partial charge in [0, 0.05) is 29.6 Å². The van der Waals surface area contributed by atoms with Crippen LogP contribution in [0, 0.1) is 0 Å². The molecule has 2 N–H and O–H groups in total. The maximum atomic E-state index is 12.5. The number of nitrogens with zero attached hydrogens (tertiary/aromatic N) is 2. The van der Waals surface area contributed by atoms with Gasteiger partial charge >= 0.3 is 0 Å². The number of hydrogen-bond donors (Lipinski definition) is 2. The van der Waals surface area contributed by atoms with Crippen LogP contribution in [-0.2, 0) is 0 Å². The Morgan fingerprint density at radius 2 is 2.07 bits per heavy atom. The largest absolute Gasteiger partial charge is 0.454 e. The fourth-order valence-corrected chi connectivity index (χ4v) is 2.73. The van der Waals surface area contributed by atoms with Crippen molar-refractivity contribution in [2.24, 2.45) is 0 Å². The number of carbonyl (C=O) groups is 1. The van der Waals surface area contributed by atoms with Gasteiger partial charge in [0.25, 0.3) is 11.5 Å². The Morgan fingerprint density at radius 1 is 1.22 bits per heavy atom. The number of H-pyrrole nitrogens is 1. The monoisotopic (exact) mass is 364 g/mol. The van der Waals surface area contributed by atoms with Crippen molar-refractivity contribution in [1.29, 1.82) is 0 Å². The molecule has 0 aliphatic carbocycles. The summed E-state index contributed by atoms with van der Waals surface area (Å²) in [5, 5.41) is 2.84. The highest BCUT2D eigenvalue weighted by Crippen LogP contribution is 2.32. The number of carbonyl (C=O) groups excluding carboxylic acids is 1. The second kappa shape index (κ2) is 6.91. The third-order valence-electron chi connectivity index (χ3n) is 4.12. The summed E-state index contributed by atoms with van der Waals surface area (Å²) in [5.74, 6) is 1.24. The van der Waals surface area contributed by atoms with Crippen LogP contribution in [0.2, 0.25) is 0 Å². The molecule has 0 saturated carbocycles. The Labute approximate surface area is 154 Å². The Bertz CT molecular complexity index is 1050.